The second kappa shape index (κ2) is 5.60. The molecule has 0 saturated carbocycles. The molecule has 0 fully saturated rings. The van der Waals surface area contributed by atoms with Crippen LogP contribution in [0.1, 0.15) is 12.0 Å². The van der Waals surface area contributed by atoms with Crippen molar-refractivity contribution >= 4 is 0 Å². The summed E-state index contributed by atoms with van der Waals surface area (Å²) in [5, 5.41) is 8.55. The molecule has 0 saturated heterocycles. The van der Waals surface area contributed by atoms with Crippen LogP contribution in [0.5, 0.6) is 5.75 Å². The molecular weight excluding hydrogens is 209 g/mol. The zero-order chi connectivity index (χ0) is 11.3. The highest BCUT2D eigenvalue weighted by atomic mass is 19.3. The lowest BCUT2D eigenvalue weighted by Gasteiger charge is -2.07. The quantitative estimate of drug-likeness (QED) is 0.825. The Kier molecular flexibility index (Phi) is 4.42. The summed E-state index contributed by atoms with van der Waals surface area (Å²) in [6.45, 7) is -3.01. The second-order valence-electron chi connectivity index (χ2n) is 2.97. The Balaban J connectivity index is 2.70. The van der Waals surface area contributed by atoms with Crippen LogP contribution in [-0.4, -0.2) is 18.3 Å². The molecule has 0 unspecified atom stereocenters. The Labute approximate surface area is 85.3 Å². The van der Waals surface area contributed by atoms with Crippen LogP contribution in [0.4, 0.5) is 13.2 Å². The van der Waals surface area contributed by atoms with Crippen molar-refractivity contribution in [1.82, 2.24) is 0 Å². The van der Waals surface area contributed by atoms with Gasteiger partial charge in [0.25, 0.3) is 0 Å². The summed E-state index contributed by atoms with van der Waals surface area (Å²) in [7, 11) is 0. The van der Waals surface area contributed by atoms with Gasteiger partial charge in [0.1, 0.15) is 0 Å². The van der Waals surface area contributed by atoms with Crippen molar-refractivity contribution in [2.75, 3.05) is 6.61 Å². The van der Waals surface area contributed by atoms with Gasteiger partial charge >= 0.3 is 6.61 Å². The van der Waals surface area contributed by atoms with Crippen molar-refractivity contribution in [2.45, 2.75) is 19.5 Å². The third-order valence-electron chi connectivity index (χ3n) is 1.84. The molecule has 1 N–H and O–H groups in total. The summed E-state index contributed by atoms with van der Waals surface area (Å²) in [5.74, 6) is -1.27. The van der Waals surface area contributed by atoms with E-state index in [0.29, 0.717) is 18.4 Å². The summed E-state index contributed by atoms with van der Waals surface area (Å²) in [4.78, 5) is 0. The Morgan fingerprint density at radius 2 is 2.07 bits per heavy atom. The lowest BCUT2D eigenvalue weighted by Crippen LogP contribution is -2.04. The molecular formula is C10H11F3O2. The molecule has 0 bridgehead atoms. The minimum atomic E-state index is -3.03. The van der Waals surface area contributed by atoms with Crippen LogP contribution >= 0.6 is 0 Å². The maximum atomic E-state index is 13.1. The van der Waals surface area contributed by atoms with Gasteiger partial charge in [-0.15, -0.1) is 0 Å². The number of rotatable bonds is 5. The van der Waals surface area contributed by atoms with E-state index in [4.69, 9.17) is 5.11 Å². The van der Waals surface area contributed by atoms with Crippen LogP contribution in [-0.2, 0) is 6.42 Å². The smallest absolute Gasteiger partial charge is 0.387 e. The molecule has 15 heavy (non-hydrogen) atoms. The van der Waals surface area contributed by atoms with Gasteiger partial charge in [0.2, 0.25) is 0 Å². The zero-order valence-corrected chi connectivity index (χ0v) is 7.92. The Hall–Kier alpha value is -1.23. The lowest BCUT2D eigenvalue weighted by atomic mass is 10.1. The Morgan fingerprint density at radius 1 is 1.33 bits per heavy atom. The topological polar surface area (TPSA) is 29.5 Å². The van der Waals surface area contributed by atoms with Crippen LogP contribution < -0.4 is 4.74 Å². The van der Waals surface area contributed by atoms with Crippen LogP contribution in [0.2, 0.25) is 0 Å². The van der Waals surface area contributed by atoms with E-state index in [2.05, 4.69) is 4.74 Å². The highest BCUT2D eigenvalue weighted by molar-refractivity contribution is 5.29. The normalized spacial score (nSPS) is 10.7. The number of benzene rings is 1. The first-order valence-corrected chi connectivity index (χ1v) is 4.47. The van der Waals surface area contributed by atoms with Gasteiger partial charge in [0.15, 0.2) is 11.6 Å². The average Bonchev–Trinajstić information content (AvgIpc) is 2.18. The van der Waals surface area contributed by atoms with Gasteiger partial charge in [0, 0.05) is 6.61 Å². The molecule has 1 aromatic rings. The SMILES string of the molecule is OCCCc1ccc(OC(F)F)c(F)c1. The van der Waals surface area contributed by atoms with Crippen molar-refractivity contribution in [3.05, 3.63) is 29.6 Å². The van der Waals surface area contributed by atoms with Crippen molar-refractivity contribution < 1.29 is 23.0 Å². The molecule has 5 heteroatoms. The molecule has 0 aromatic heterocycles. The van der Waals surface area contributed by atoms with Gasteiger partial charge in [0.05, 0.1) is 0 Å². The molecule has 0 atom stereocenters. The number of ether oxygens (including phenoxy) is 1. The molecule has 0 aliphatic heterocycles. The molecule has 0 spiro atoms. The van der Waals surface area contributed by atoms with Crippen LogP contribution in [0.3, 0.4) is 0 Å². The van der Waals surface area contributed by atoms with Crippen LogP contribution in [0.25, 0.3) is 0 Å². The largest absolute Gasteiger partial charge is 0.432 e. The van der Waals surface area contributed by atoms with Gasteiger partial charge in [-0.25, -0.2) is 4.39 Å². The molecule has 2 nitrogen and oxygen atoms in total. The van der Waals surface area contributed by atoms with E-state index in [1.54, 1.807) is 0 Å². The number of alkyl halides is 2. The molecule has 0 amide bonds. The minimum absolute atomic E-state index is 0.0108. The molecule has 1 aromatic carbocycles. The molecule has 0 aliphatic carbocycles. The number of hydrogen-bond acceptors (Lipinski definition) is 2. The predicted octanol–water partition coefficient (Wildman–Crippen LogP) is 2.35. The summed E-state index contributed by atoms with van der Waals surface area (Å²) < 4.78 is 40.6. The van der Waals surface area contributed by atoms with Crippen LogP contribution in [0.15, 0.2) is 18.2 Å². The number of hydrogen-bond donors (Lipinski definition) is 1. The standard InChI is InChI=1S/C10H11F3O2/c11-8-6-7(2-1-5-14)3-4-9(8)15-10(12)13/h3-4,6,10,14H,1-2,5H2. The van der Waals surface area contributed by atoms with Gasteiger partial charge in [-0.1, -0.05) is 6.07 Å². The van der Waals surface area contributed by atoms with E-state index in [1.165, 1.54) is 6.07 Å². The maximum absolute atomic E-state index is 13.1. The first-order valence-electron chi connectivity index (χ1n) is 4.47. The number of aliphatic hydroxyl groups is 1. The Morgan fingerprint density at radius 3 is 2.60 bits per heavy atom. The molecule has 0 aliphatic rings. The fourth-order valence-electron chi connectivity index (χ4n) is 1.17. The molecule has 0 radical (unpaired) electrons. The van der Waals surface area contributed by atoms with E-state index < -0.39 is 18.2 Å². The molecule has 1 rings (SSSR count). The average molecular weight is 220 g/mol. The first-order chi connectivity index (χ1) is 7.13. The van der Waals surface area contributed by atoms with Crippen molar-refractivity contribution in [1.29, 1.82) is 0 Å². The highest BCUT2D eigenvalue weighted by Crippen LogP contribution is 2.20. The minimum Gasteiger partial charge on any atom is -0.432 e. The van der Waals surface area contributed by atoms with Crippen LogP contribution in [0, 0.1) is 5.82 Å². The first kappa shape index (κ1) is 11.8. The van der Waals surface area contributed by atoms with Gasteiger partial charge in [-0.2, -0.15) is 8.78 Å². The van der Waals surface area contributed by atoms with Crippen molar-refractivity contribution in [3.8, 4) is 5.75 Å². The van der Waals surface area contributed by atoms with Gasteiger partial charge < -0.3 is 9.84 Å². The summed E-state index contributed by atoms with van der Waals surface area (Å²) in [5.41, 5.74) is 0.642. The third kappa shape index (κ3) is 3.79. The third-order valence-corrected chi connectivity index (χ3v) is 1.84. The second-order valence-corrected chi connectivity index (χ2v) is 2.97. The fourth-order valence-corrected chi connectivity index (χ4v) is 1.17. The molecule has 84 valence electrons. The predicted molar refractivity (Wildman–Crippen MR) is 48.4 cm³/mol. The lowest BCUT2D eigenvalue weighted by molar-refractivity contribution is -0.0522. The van der Waals surface area contributed by atoms with E-state index >= 15 is 0 Å². The van der Waals surface area contributed by atoms with E-state index in [0.717, 1.165) is 12.1 Å². The summed E-state index contributed by atoms with van der Waals surface area (Å²) in [6, 6.07) is 3.79. The summed E-state index contributed by atoms with van der Waals surface area (Å²) in [6.07, 6.45) is 1.01. The highest BCUT2D eigenvalue weighted by Gasteiger charge is 2.09. The zero-order valence-electron chi connectivity index (χ0n) is 7.92. The van der Waals surface area contributed by atoms with Gasteiger partial charge in [-0.05, 0) is 30.5 Å². The van der Waals surface area contributed by atoms with Gasteiger partial charge in [-0.3, -0.25) is 0 Å². The Bertz CT molecular complexity index is 316. The number of halogens is 3. The summed E-state index contributed by atoms with van der Waals surface area (Å²) >= 11 is 0. The van der Waals surface area contributed by atoms with E-state index in [-0.39, 0.29) is 6.61 Å². The number of aryl methyl sites for hydroxylation is 1. The maximum Gasteiger partial charge on any atom is 0.387 e. The fraction of sp³-hybridized carbons (Fsp3) is 0.400. The van der Waals surface area contributed by atoms with E-state index in [1.807, 2.05) is 0 Å². The van der Waals surface area contributed by atoms with Crippen molar-refractivity contribution in [2.24, 2.45) is 0 Å². The van der Waals surface area contributed by atoms with Crippen molar-refractivity contribution in [3.63, 3.8) is 0 Å². The number of aliphatic hydroxyl groups excluding tert-OH is 1. The monoisotopic (exact) mass is 220 g/mol. The molecule has 0 heterocycles. The van der Waals surface area contributed by atoms with E-state index in [9.17, 15) is 13.2 Å².